The summed E-state index contributed by atoms with van der Waals surface area (Å²) >= 11 is 0. The van der Waals surface area contributed by atoms with Gasteiger partial charge < -0.3 is 14.2 Å². The summed E-state index contributed by atoms with van der Waals surface area (Å²) in [6.07, 6.45) is 0. The molecule has 0 saturated carbocycles. The number of rotatable bonds is 4. The van der Waals surface area contributed by atoms with E-state index in [0.29, 0.717) is 12.3 Å². The standard InChI is InChI=1S/C19H20N2O2/c1-4-23-16-10-11-17-14(12-16)13-18(21(17)3)19(22)20(2)15-8-6-5-7-9-15/h5-13H,4H2,1-3H3. The van der Waals surface area contributed by atoms with Crippen LogP contribution in [0.4, 0.5) is 5.69 Å². The molecule has 0 fully saturated rings. The Hall–Kier alpha value is -2.75. The molecule has 0 bridgehead atoms. The zero-order valence-corrected chi connectivity index (χ0v) is 13.6. The maximum atomic E-state index is 12.8. The fourth-order valence-corrected chi connectivity index (χ4v) is 2.73. The van der Waals surface area contributed by atoms with Gasteiger partial charge in [0.05, 0.1) is 6.61 Å². The van der Waals surface area contributed by atoms with Gasteiger partial charge in [0.15, 0.2) is 0 Å². The van der Waals surface area contributed by atoms with Gasteiger partial charge in [0, 0.05) is 30.7 Å². The van der Waals surface area contributed by atoms with Gasteiger partial charge in [0.2, 0.25) is 0 Å². The minimum atomic E-state index is -0.0344. The summed E-state index contributed by atoms with van der Waals surface area (Å²) in [5.41, 5.74) is 2.54. The van der Waals surface area contributed by atoms with Crippen molar-refractivity contribution in [3.63, 3.8) is 0 Å². The van der Waals surface area contributed by atoms with Gasteiger partial charge in [-0.1, -0.05) is 18.2 Å². The number of carbonyl (C=O) groups is 1. The maximum absolute atomic E-state index is 12.8. The lowest BCUT2D eigenvalue weighted by molar-refractivity contribution is 0.0985. The van der Waals surface area contributed by atoms with Crippen LogP contribution in [0, 0.1) is 0 Å². The summed E-state index contributed by atoms with van der Waals surface area (Å²) in [6, 6.07) is 17.4. The van der Waals surface area contributed by atoms with Crippen molar-refractivity contribution in [1.82, 2.24) is 4.57 Å². The molecule has 0 aliphatic rings. The highest BCUT2D eigenvalue weighted by atomic mass is 16.5. The summed E-state index contributed by atoms with van der Waals surface area (Å²) in [7, 11) is 3.70. The molecule has 1 heterocycles. The van der Waals surface area contributed by atoms with E-state index in [-0.39, 0.29) is 5.91 Å². The Balaban J connectivity index is 1.99. The van der Waals surface area contributed by atoms with Gasteiger partial charge in [0.1, 0.15) is 11.4 Å². The lowest BCUT2D eigenvalue weighted by Gasteiger charge is -2.17. The molecule has 3 rings (SSSR count). The molecule has 0 aliphatic heterocycles. The average Bonchev–Trinajstić information content (AvgIpc) is 2.91. The zero-order chi connectivity index (χ0) is 16.4. The first-order valence-corrected chi connectivity index (χ1v) is 7.67. The smallest absolute Gasteiger partial charge is 0.274 e. The minimum absolute atomic E-state index is 0.0344. The van der Waals surface area contributed by atoms with Gasteiger partial charge in [-0.2, -0.15) is 0 Å². The third-order valence-corrected chi connectivity index (χ3v) is 3.99. The number of para-hydroxylation sites is 1. The molecule has 2 aromatic carbocycles. The van der Waals surface area contributed by atoms with E-state index < -0.39 is 0 Å². The van der Waals surface area contributed by atoms with Gasteiger partial charge in [-0.25, -0.2) is 0 Å². The molecule has 1 amide bonds. The number of ether oxygens (including phenoxy) is 1. The molecule has 23 heavy (non-hydrogen) atoms. The van der Waals surface area contributed by atoms with Crippen molar-refractivity contribution < 1.29 is 9.53 Å². The van der Waals surface area contributed by atoms with Crippen LogP contribution in [0.3, 0.4) is 0 Å². The van der Waals surface area contributed by atoms with Crippen molar-refractivity contribution >= 4 is 22.5 Å². The number of amides is 1. The van der Waals surface area contributed by atoms with E-state index in [1.165, 1.54) is 0 Å². The van der Waals surface area contributed by atoms with E-state index in [0.717, 1.165) is 22.3 Å². The molecule has 4 nitrogen and oxygen atoms in total. The van der Waals surface area contributed by atoms with E-state index in [9.17, 15) is 4.79 Å². The first-order valence-electron chi connectivity index (χ1n) is 7.67. The predicted molar refractivity (Wildman–Crippen MR) is 93.3 cm³/mol. The normalized spacial score (nSPS) is 10.7. The molecular weight excluding hydrogens is 288 g/mol. The van der Waals surface area contributed by atoms with Crippen molar-refractivity contribution in [3.05, 3.63) is 60.3 Å². The highest BCUT2D eigenvalue weighted by Gasteiger charge is 2.18. The Bertz CT molecular complexity index is 837. The van der Waals surface area contributed by atoms with E-state index in [1.807, 2.05) is 73.1 Å². The van der Waals surface area contributed by atoms with Gasteiger partial charge in [-0.3, -0.25) is 4.79 Å². The van der Waals surface area contributed by atoms with Crippen LogP contribution in [0.15, 0.2) is 54.6 Å². The molecule has 0 spiro atoms. The first-order chi connectivity index (χ1) is 11.1. The highest BCUT2D eigenvalue weighted by Crippen LogP contribution is 2.25. The van der Waals surface area contributed by atoms with Gasteiger partial charge >= 0.3 is 0 Å². The van der Waals surface area contributed by atoms with E-state index in [1.54, 1.807) is 11.9 Å². The number of anilines is 1. The molecule has 0 atom stereocenters. The number of benzene rings is 2. The van der Waals surface area contributed by atoms with Crippen molar-refractivity contribution in [2.45, 2.75) is 6.92 Å². The van der Waals surface area contributed by atoms with Gasteiger partial charge in [-0.15, -0.1) is 0 Å². The Morgan fingerprint density at radius 3 is 2.57 bits per heavy atom. The van der Waals surface area contributed by atoms with Crippen LogP contribution >= 0.6 is 0 Å². The zero-order valence-electron chi connectivity index (χ0n) is 13.6. The van der Waals surface area contributed by atoms with Crippen LogP contribution in [0.1, 0.15) is 17.4 Å². The summed E-state index contributed by atoms with van der Waals surface area (Å²) in [6.45, 7) is 2.58. The van der Waals surface area contributed by atoms with Gasteiger partial charge in [-0.05, 0) is 43.3 Å². The van der Waals surface area contributed by atoms with Crippen LogP contribution < -0.4 is 9.64 Å². The Labute approximate surface area is 135 Å². The molecular formula is C19H20N2O2. The quantitative estimate of drug-likeness (QED) is 0.733. The monoisotopic (exact) mass is 308 g/mol. The number of nitrogens with zero attached hydrogens (tertiary/aromatic N) is 2. The fourth-order valence-electron chi connectivity index (χ4n) is 2.73. The molecule has 3 aromatic rings. The minimum Gasteiger partial charge on any atom is -0.494 e. The lowest BCUT2D eigenvalue weighted by Crippen LogP contribution is -2.27. The number of aromatic nitrogens is 1. The molecule has 118 valence electrons. The average molecular weight is 308 g/mol. The van der Waals surface area contributed by atoms with Crippen molar-refractivity contribution in [3.8, 4) is 5.75 Å². The largest absolute Gasteiger partial charge is 0.494 e. The highest BCUT2D eigenvalue weighted by molar-refractivity contribution is 6.07. The van der Waals surface area contributed by atoms with Crippen molar-refractivity contribution in [1.29, 1.82) is 0 Å². The Morgan fingerprint density at radius 2 is 1.87 bits per heavy atom. The summed E-state index contributed by atoms with van der Waals surface area (Å²) in [5.74, 6) is 0.786. The van der Waals surface area contributed by atoms with Crippen LogP contribution in [0.2, 0.25) is 0 Å². The third-order valence-electron chi connectivity index (χ3n) is 3.99. The van der Waals surface area contributed by atoms with Crippen LogP contribution in [0.5, 0.6) is 5.75 Å². The predicted octanol–water partition coefficient (Wildman–Crippen LogP) is 3.85. The second-order valence-corrected chi connectivity index (χ2v) is 5.44. The van der Waals surface area contributed by atoms with E-state index in [2.05, 4.69) is 0 Å². The number of carbonyl (C=O) groups excluding carboxylic acids is 1. The lowest BCUT2D eigenvalue weighted by atomic mass is 10.2. The molecule has 0 unspecified atom stereocenters. The molecule has 0 N–H and O–H groups in total. The van der Waals surface area contributed by atoms with Crippen molar-refractivity contribution in [2.75, 3.05) is 18.6 Å². The van der Waals surface area contributed by atoms with E-state index in [4.69, 9.17) is 4.74 Å². The van der Waals surface area contributed by atoms with Crippen LogP contribution in [0.25, 0.3) is 10.9 Å². The number of hydrogen-bond donors (Lipinski definition) is 0. The summed E-state index contributed by atoms with van der Waals surface area (Å²) in [4.78, 5) is 14.5. The molecule has 0 radical (unpaired) electrons. The number of aryl methyl sites for hydroxylation is 1. The van der Waals surface area contributed by atoms with Crippen LogP contribution in [-0.2, 0) is 7.05 Å². The second kappa shape index (κ2) is 6.16. The number of hydrogen-bond acceptors (Lipinski definition) is 2. The Kier molecular flexibility index (Phi) is 4.06. The van der Waals surface area contributed by atoms with E-state index >= 15 is 0 Å². The van der Waals surface area contributed by atoms with Gasteiger partial charge in [0.25, 0.3) is 5.91 Å². The molecule has 4 heteroatoms. The summed E-state index contributed by atoms with van der Waals surface area (Å²) in [5, 5.41) is 1.00. The first kappa shape index (κ1) is 15.2. The molecule has 0 aliphatic carbocycles. The SMILES string of the molecule is CCOc1ccc2c(c1)cc(C(=O)N(C)c1ccccc1)n2C. The fraction of sp³-hybridized carbons (Fsp3) is 0.211. The maximum Gasteiger partial charge on any atom is 0.274 e. The second-order valence-electron chi connectivity index (χ2n) is 5.44. The number of fused-ring (bicyclic) bond motifs is 1. The molecule has 0 saturated heterocycles. The summed E-state index contributed by atoms with van der Waals surface area (Å²) < 4.78 is 7.46. The third kappa shape index (κ3) is 2.80. The molecule has 1 aromatic heterocycles. The topological polar surface area (TPSA) is 34.5 Å². The Morgan fingerprint density at radius 1 is 1.13 bits per heavy atom. The van der Waals surface area contributed by atoms with Crippen molar-refractivity contribution in [2.24, 2.45) is 7.05 Å². The van der Waals surface area contributed by atoms with Crippen LogP contribution in [-0.4, -0.2) is 24.1 Å².